The maximum atomic E-state index is 11.8. The average Bonchev–Trinajstić information content (AvgIpc) is 3.09. The Labute approximate surface area is 144 Å². The third-order valence-corrected chi connectivity index (χ3v) is 3.52. The Hall–Kier alpha value is -2.79. The zero-order valence-electron chi connectivity index (χ0n) is 12.7. The molecule has 0 aliphatic heterocycles. The molecule has 0 spiro atoms. The van der Waals surface area contributed by atoms with Crippen LogP contribution in [0.25, 0.3) is 11.3 Å². The average molecular weight is 343 g/mol. The maximum absolute atomic E-state index is 11.8. The molecule has 0 bridgehead atoms. The summed E-state index contributed by atoms with van der Waals surface area (Å²) in [6.07, 6.45) is 0. The molecule has 2 aromatic carbocycles. The van der Waals surface area contributed by atoms with Crippen molar-refractivity contribution in [2.75, 3.05) is 6.61 Å². The number of carbonyl (C=O) groups is 1. The summed E-state index contributed by atoms with van der Waals surface area (Å²) in [4.78, 5) is 11.8. The lowest BCUT2D eigenvalue weighted by atomic mass is 10.1. The molecule has 0 saturated heterocycles. The van der Waals surface area contributed by atoms with Crippen LogP contribution in [0.2, 0.25) is 5.02 Å². The van der Waals surface area contributed by atoms with E-state index in [1.807, 2.05) is 30.3 Å². The largest absolute Gasteiger partial charge is 0.484 e. The van der Waals surface area contributed by atoms with Gasteiger partial charge < -0.3 is 14.6 Å². The third kappa shape index (κ3) is 4.36. The predicted molar refractivity (Wildman–Crippen MR) is 90.7 cm³/mol. The molecule has 0 saturated carbocycles. The Morgan fingerprint density at radius 1 is 1.12 bits per heavy atom. The first kappa shape index (κ1) is 16.1. The van der Waals surface area contributed by atoms with Crippen molar-refractivity contribution in [2.24, 2.45) is 0 Å². The fraction of sp³-hybridized carbons (Fsp3) is 0.111. The first-order chi connectivity index (χ1) is 11.7. The number of amides is 1. The van der Waals surface area contributed by atoms with Crippen LogP contribution in [0.5, 0.6) is 5.75 Å². The summed E-state index contributed by atoms with van der Waals surface area (Å²) in [5, 5.41) is 7.33. The number of aromatic nitrogens is 1. The molecule has 24 heavy (non-hydrogen) atoms. The van der Waals surface area contributed by atoms with Gasteiger partial charge in [0.2, 0.25) is 0 Å². The van der Waals surface area contributed by atoms with Gasteiger partial charge in [0.15, 0.2) is 12.4 Å². The van der Waals surface area contributed by atoms with Gasteiger partial charge in [-0.2, -0.15) is 0 Å². The zero-order valence-corrected chi connectivity index (χ0v) is 13.5. The van der Waals surface area contributed by atoms with Gasteiger partial charge in [0.05, 0.1) is 6.54 Å². The molecule has 3 aromatic rings. The van der Waals surface area contributed by atoms with Crippen LogP contribution >= 0.6 is 11.6 Å². The Morgan fingerprint density at radius 2 is 1.88 bits per heavy atom. The monoisotopic (exact) mass is 342 g/mol. The Kier molecular flexibility index (Phi) is 5.13. The minimum atomic E-state index is -0.248. The van der Waals surface area contributed by atoms with Gasteiger partial charge in [-0.3, -0.25) is 4.79 Å². The molecule has 0 unspecified atom stereocenters. The second-order valence-corrected chi connectivity index (χ2v) is 5.50. The lowest BCUT2D eigenvalue weighted by molar-refractivity contribution is -0.123. The second kappa shape index (κ2) is 7.66. The summed E-state index contributed by atoms with van der Waals surface area (Å²) in [7, 11) is 0. The van der Waals surface area contributed by atoms with E-state index < -0.39 is 0 Å². The van der Waals surface area contributed by atoms with E-state index in [2.05, 4.69) is 10.5 Å². The number of ether oxygens (including phenoxy) is 1. The molecule has 3 rings (SSSR count). The van der Waals surface area contributed by atoms with Crippen molar-refractivity contribution in [3.05, 3.63) is 71.4 Å². The quantitative estimate of drug-likeness (QED) is 0.742. The minimum absolute atomic E-state index is 0.0820. The van der Waals surface area contributed by atoms with E-state index >= 15 is 0 Å². The molecular formula is C18H15ClN2O3. The van der Waals surface area contributed by atoms with Crippen LogP contribution in [0.3, 0.4) is 0 Å². The van der Waals surface area contributed by atoms with Crippen molar-refractivity contribution in [2.45, 2.75) is 6.54 Å². The topological polar surface area (TPSA) is 64.4 Å². The number of nitrogens with one attached hydrogen (secondary N) is 1. The highest BCUT2D eigenvalue weighted by atomic mass is 35.5. The van der Waals surface area contributed by atoms with Crippen molar-refractivity contribution in [3.63, 3.8) is 0 Å². The smallest absolute Gasteiger partial charge is 0.258 e. The van der Waals surface area contributed by atoms with Crippen LogP contribution in [0.1, 0.15) is 5.76 Å². The second-order valence-electron chi connectivity index (χ2n) is 5.06. The van der Waals surface area contributed by atoms with Crippen molar-refractivity contribution in [3.8, 4) is 17.0 Å². The molecule has 0 radical (unpaired) electrons. The van der Waals surface area contributed by atoms with E-state index in [9.17, 15) is 4.79 Å². The zero-order chi connectivity index (χ0) is 16.8. The Bertz CT molecular complexity index is 801. The maximum Gasteiger partial charge on any atom is 0.258 e. The molecule has 1 heterocycles. The van der Waals surface area contributed by atoms with Crippen molar-refractivity contribution in [1.82, 2.24) is 10.5 Å². The molecule has 6 heteroatoms. The highest BCUT2D eigenvalue weighted by Gasteiger charge is 2.08. The van der Waals surface area contributed by atoms with Gasteiger partial charge in [-0.1, -0.05) is 47.1 Å². The molecule has 122 valence electrons. The van der Waals surface area contributed by atoms with Crippen LogP contribution in [-0.4, -0.2) is 17.7 Å². The summed E-state index contributed by atoms with van der Waals surface area (Å²) in [6, 6.07) is 18.3. The molecule has 1 N–H and O–H groups in total. The van der Waals surface area contributed by atoms with Crippen molar-refractivity contribution < 1.29 is 14.1 Å². The van der Waals surface area contributed by atoms with E-state index in [1.165, 1.54) is 0 Å². The fourth-order valence-electron chi connectivity index (χ4n) is 2.06. The summed E-state index contributed by atoms with van der Waals surface area (Å²) < 4.78 is 10.6. The summed E-state index contributed by atoms with van der Waals surface area (Å²) >= 11 is 5.79. The summed E-state index contributed by atoms with van der Waals surface area (Å²) in [5.74, 6) is 0.914. The number of carbonyl (C=O) groups excluding carboxylic acids is 1. The molecule has 0 fully saturated rings. The molecule has 1 amide bonds. The third-order valence-electron chi connectivity index (χ3n) is 3.27. The fourth-order valence-corrected chi connectivity index (χ4v) is 2.18. The van der Waals surface area contributed by atoms with Gasteiger partial charge in [-0.05, 0) is 24.3 Å². The van der Waals surface area contributed by atoms with Crippen LogP contribution in [0.15, 0.2) is 65.2 Å². The van der Waals surface area contributed by atoms with E-state index in [-0.39, 0.29) is 19.1 Å². The molecule has 0 aliphatic carbocycles. The van der Waals surface area contributed by atoms with Crippen molar-refractivity contribution in [1.29, 1.82) is 0 Å². The lowest BCUT2D eigenvalue weighted by Crippen LogP contribution is -2.28. The molecule has 0 atom stereocenters. The summed E-state index contributed by atoms with van der Waals surface area (Å²) in [5.41, 5.74) is 1.70. The van der Waals surface area contributed by atoms with Gasteiger partial charge >= 0.3 is 0 Å². The Balaban J connectivity index is 1.48. The van der Waals surface area contributed by atoms with Gasteiger partial charge in [0.1, 0.15) is 11.4 Å². The van der Waals surface area contributed by atoms with Crippen LogP contribution in [0, 0.1) is 0 Å². The van der Waals surface area contributed by atoms with E-state index in [4.69, 9.17) is 20.9 Å². The summed E-state index contributed by atoms with van der Waals surface area (Å²) in [6.45, 7) is 0.171. The van der Waals surface area contributed by atoms with E-state index in [1.54, 1.807) is 30.3 Å². The highest BCUT2D eigenvalue weighted by Crippen LogP contribution is 2.18. The standard InChI is InChI=1S/C18H15ClN2O3/c19-14-6-8-15(9-7-14)23-12-18(22)20-11-16-10-17(21-24-16)13-4-2-1-3-5-13/h1-10H,11-12H2,(H,20,22). The number of rotatable bonds is 6. The minimum Gasteiger partial charge on any atom is -0.484 e. The molecule has 1 aromatic heterocycles. The van der Waals surface area contributed by atoms with Gasteiger partial charge in [-0.15, -0.1) is 0 Å². The normalized spacial score (nSPS) is 10.4. The highest BCUT2D eigenvalue weighted by molar-refractivity contribution is 6.30. The molecule has 5 nitrogen and oxygen atoms in total. The lowest BCUT2D eigenvalue weighted by Gasteiger charge is -2.06. The molecule has 0 aliphatic rings. The molecular weight excluding hydrogens is 328 g/mol. The van der Waals surface area contributed by atoms with Crippen LogP contribution in [0.4, 0.5) is 0 Å². The van der Waals surface area contributed by atoms with Crippen LogP contribution < -0.4 is 10.1 Å². The SMILES string of the molecule is O=C(COc1ccc(Cl)cc1)NCc1cc(-c2ccccc2)no1. The van der Waals surface area contributed by atoms with E-state index in [0.717, 1.165) is 11.3 Å². The predicted octanol–water partition coefficient (Wildman–Crippen LogP) is 3.69. The van der Waals surface area contributed by atoms with Gasteiger partial charge in [0.25, 0.3) is 5.91 Å². The number of benzene rings is 2. The first-order valence-corrected chi connectivity index (χ1v) is 7.74. The van der Waals surface area contributed by atoms with Gasteiger partial charge in [-0.25, -0.2) is 0 Å². The van der Waals surface area contributed by atoms with Crippen LogP contribution in [-0.2, 0) is 11.3 Å². The van der Waals surface area contributed by atoms with Crippen molar-refractivity contribution >= 4 is 17.5 Å². The number of hydrogen-bond acceptors (Lipinski definition) is 4. The van der Waals surface area contributed by atoms with E-state index in [0.29, 0.717) is 16.5 Å². The number of halogens is 1. The van der Waals surface area contributed by atoms with Gasteiger partial charge in [0, 0.05) is 16.7 Å². The first-order valence-electron chi connectivity index (χ1n) is 7.37. The number of nitrogens with zero attached hydrogens (tertiary/aromatic N) is 1. The number of hydrogen-bond donors (Lipinski definition) is 1. The Morgan fingerprint density at radius 3 is 2.62 bits per heavy atom.